The van der Waals surface area contributed by atoms with Gasteiger partial charge in [0.25, 0.3) is 5.91 Å². The zero-order chi connectivity index (χ0) is 18.9. The smallest absolute Gasteiger partial charge is 0.353 e. The molecule has 1 fully saturated rings. The van der Waals surface area contributed by atoms with Crippen LogP contribution in [0.25, 0.3) is 0 Å². The summed E-state index contributed by atoms with van der Waals surface area (Å²) in [6, 6.07) is 4.77. The van der Waals surface area contributed by atoms with E-state index in [0.717, 1.165) is 30.5 Å². The second-order valence-corrected chi connectivity index (χ2v) is 5.81. The average molecular weight is 371 g/mol. The Kier molecular flexibility index (Phi) is 4.80. The van der Waals surface area contributed by atoms with Crippen molar-refractivity contribution in [3.8, 4) is 0 Å². The Labute approximate surface area is 145 Å². The fourth-order valence-electron chi connectivity index (χ4n) is 2.72. The van der Waals surface area contributed by atoms with Gasteiger partial charge in [-0.2, -0.15) is 13.2 Å². The highest BCUT2D eigenvalue weighted by Gasteiger charge is 2.32. The van der Waals surface area contributed by atoms with Crippen LogP contribution in [0.15, 0.2) is 36.5 Å². The number of anilines is 1. The van der Waals surface area contributed by atoms with Crippen LogP contribution < -0.4 is 4.90 Å². The van der Waals surface area contributed by atoms with Crippen molar-refractivity contribution in [1.29, 1.82) is 0 Å². The number of nitrogens with zero attached hydrogens (tertiary/aromatic N) is 3. The Morgan fingerprint density at radius 2 is 1.65 bits per heavy atom. The lowest BCUT2D eigenvalue weighted by molar-refractivity contribution is -0.137. The predicted molar refractivity (Wildman–Crippen MR) is 83.7 cm³/mol. The number of halogens is 5. The van der Waals surface area contributed by atoms with Crippen LogP contribution in [0.1, 0.15) is 15.9 Å². The van der Waals surface area contributed by atoms with Crippen molar-refractivity contribution in [2.45, 2.75) is 6.18 Å². The lowest BCUT2D eigenvalue weighted by Crippen LogP contribution is -2.49. The van der Waals surface area contributed by atoms with Crippen molar-refractivity contribution in [2.75, 3.05) is 31.1 Å². The van der Waals surface area contributed by atoms with Gasteiger partial charge in [-0.1, -0.05) is 0 Å². The van der Waals surface area contributed by atoms with Gasteiger partial charge in [0.05, 0.1) is 5.56 Å². The molecule has 1 aromatic heterocycles. The summed E-state index contributed by atoms with van der Waals surface area (Å²) >= 11 is 0. The maximum absolute atomic E-state index is 13.3. The molecule has 2 aromatic rings. The Hall–Kier alpha value is -2.71. The number of benzene rings is 1. The maximum atomic E-state index is 13.3. The second kappa shape index (κ2) is 6.89. The number of hydrogen-bond donors (Lipinski definition) is 0. The lowest BCUT2D eigenvalue weighted by Gasteiger charge is -2.35. The molecule has 9 heteroatoms. The number of alkyl halides is 3. The fraction of sp³-hybridized carbons (Fsp3) is 0.294. The quantitative estimate of drug-likeness (QED) is 0.760. The van der Waals surface area contributed by atoms with Gasteiger partial charge in [-0.25, -0.2) is 13.8 Å². The molecule has 26 heavy (non-hydrogen) atoms. The molecule has 1 aliphatic heterocycles. The van der Waals surface area contributed by atoms with Crippen LogP contribution in [0.3, 0.4) is 0 Å². The number of amides is 1. The van der Waals surface area contributed by atoms with Gasteiger partial charge < -0.3 is 9.80 Å². The Bertz CT molecular complexity index is 816. The third-order valence-electron chi connectivity index (χ3n) is 4.13. The van der Waals surface area contributed by atoms with Gasteiger partial charge in [-0.15, -0.1) is 0 Å². The first-order valence-corrected chi connectivity index (χ1v) is 7.78. The van der Waals surface area contributed by atoms with Crippen LogP contribution in [0, 0.1) is 11.6 Å². The van der Waals surface area contributed by atoms with Crippen LogP contribution in [-0.4, -0.2) is 42.0 Å². The number of aromatic nitrogens is 1. The molecule has 0 N–H and O–H groups in total. The van der Waals surface area contributed by atoms with Crippen LogP contribution in [0.4, 0.5) is 27.8 Å². The first-order chi connectivity index (χ1) is 12.3. The topological polar surface area (TPSA) is 36.4 Å². The van der Waals surface area contributed by atoms with E-state index in [2.05, 4.69) is 4.98 Å². The SMILES string of the molecule is O=C(c1ccc(F)c(F)c1)N1CCN(c2cc(C(F)(F)F)ccn2)CC1. The van der Waals surface area contributed by atoms with Crippen LogP contribution in [0.2, 0.25) is 0 Å². The van der Waals surface area contributed by atoms with Gasteiger partial charge in [0.2, 0.25) is 0 Å². The van der Waals surface area contributed by atoms with Crippen LogP contribution >= 0.6 is 0 Å². The first kappa shape index (κ1) is 18.1. The fourth-order valence-corrected chi connectivity index (χ4v) is 2.72. The standard InChI is InChI=1S/C17H14F5N3O/c18-13-2-1-11(9-14(13)19)16(26)25-7-5-24(6-8-25)15-10-12(3-4-23-15)17(20,21)22/h1-4,9-10H,5-8H2. The van der Waals surface area contributed by atoms with Gasteiger partial charge >= 0.3 is 6.18 Å². The highest BCUT2D eigenvalue weighted by molar-refractivity contribution is 5.94. The molecule has 0 aliphatic carbocycles. The molecule has 0 bridgehead atoms. The number of rotatable bonds is 2. The Morgan fingerprint density at radius 1 is 0.962 bits per heavy atom. The van der Waals surface area contributed by atoms with E-state index in [-0.39, 0.29) is 37.6 Å². The van der Waals surface area contributed by atoms with E-state index in [1.54, 1.807) is 4.90 Å². The molecule has 0 radical (unpaired) electrons. The van der Waals surface area contributed by atoms with Crippen molar-refractivity contribution in [2.24, 2.45) is 0 Å². The summed E-state index contributed by atoms with van der Waals surface area (Å²) in [4.78, 5) is 19.4. The van der Waals surface area contributed by atoms with Gasteiger partial charge in [0.1, 0.15) is 5.82 Å². The van der Waals surface area contributed by atoms with Gasteiger partial charge in [0.15, 0.2) is 11.6 Å². The number of carbonyl (C=O) groups excluding carboxylic acids is 1. The molecular formula is C17H14F5N3O. The minimum atomic E-state index is -4.46. The highest BCUT2D eigenvalue weighted by atomic mass is 19.4. The molecule has 0 atom stereocenters. The van der Waals surface area contributed by atoms with E-state index in [0.29, 0.717) is 0 Å². The van der Waals surface area contributed by atoms with Crippen LogP contribution in [-0.2, 0) is 6.18 Å². The van der Waals surface area contributed by atoms with Gasteiger partial charge in [-0.05, 0) is 30.3 Å². The maximum Gasteiger partial charge on any atom is 0.416 e. The normalized spacial score (nSPS) is 15.3. The van der Waals surface area contributed by atoms with Crippen molar-refractivity contribution in [3.63, 3.8) is 0 Å². The number of hydrogen-bond acceptors (Lipinski definition) is 3. The molecular weight excluding hydrogens is 357 g/mol. The number of piperazine rings is 1. The lowest BCUT2D eigenvalue weighted by atomic mass is 10.1. The largest absolute Gasteiger partial charge is 0.416 e. The van der Waals surface area contributed by atoms with Crippen molar-refractivity contribution in [3.05, 3.63) is 59.3 Å². The molecule has 138 valence electrons. The Balaban J connectivity index is 1.67. The van der Waals surface area contributed by atoms with E-state index in [4.69, 9.17) is 0 Å². The van der Waals surface area contributed by atoms with E-state index >= 15 is 0 Å². The Morgan fingerprint density at radius 3 is 2.27 bits per heavy atom. The molecule has 2 heterocycles. The second-order valence-electron chi connectivity index (χ2n) is 5.81. The minimum absolute atomic E-state index is 0.0227. The zero-order valence-electron chi connectivity index (χ0n) is 13.4. The first-order valence-electron chi connectivity index (χ1n) is 7.78. The third-order valence-corrected chi connectivity index (χ3v) is 4.13. The van der Waals surface area contributed by atoms with Gasteiger partial charge in [0, 0.05) is 37.9 Å². The number of pyridine rings is 1. The summed E-state index contributed by atoms with van der Waals surface area (Å²) in [6.45, 7) is 1.03. The van der Waals surface area contributed by atoms with E-state index < -0.39 is 29.3 Å². The molecule has 0 saturated carbocycles. The third kappa shape index (κ3) is 3.76. The van der Waals surface area contributed by atoms with E-state index in [9.17, 15) is 26.7 Å². The van der Waals surface area contributed by atoms with Crippen molar-refractivity contribution >= 4 is 11.7 Å². The highest BCUT2D eigenvalue weighted by Crippen LogP contribution is 2.31. The molecule has 0 unspecified atom stereocenters. The molecule has 1 aromatic carbocycles. The van der Waals surface area contributed by atoms with Crippen molar-refractivity contribution in [1.82, 2.24) is 9.88 Å². The zero-order valence-corrected chi connectivity index (χ0v) is 13.4. The molecule has 0 spiro atoms. The molecule has 4 nitrogen and oxygen atoms in total. The van der Waals surface area contributed by atoms with Crippen molar-refractivity contribution < 1.29 is 26.7 Å². The molecule has 1 amide bonds. The van der Waals surface area contributed by atoms with Crippen LogP contribution in [0.5, 0.6) is 0 Å². The summed E-state index contributed by atoms with van der Waals surface area (Å²) in [5.74, 6) is -2.43. The van der Waals surface area contributed by atoms with E-state index in [1.807, 2.05) is 0 Å². The predicted octanol–water partition coefficient (Wildman–Crippen LogP) is 3.34. The summed E-state index contributed by atoms with van der Waals surface area (Å²) in [7, 11) is 0. The van der Waals surface area contributed by atoms with E-state index in [1.165, 1.54) is 11.0 Å². The monoisotopic (exact) mass is 371 g/mol. The summed E-state index contributed by atoms with van der Waals surface area (Å²) < 4.78 is 64.6. The summed E-state index contributed by atoms with van der Waals surface area (Å²) in [5.41, 5.74) is -0.766. The molecule has 3 rings (SSSR count). The molecule has 1 aliphatic rings. The summed E-state index contributed by atoms with van der Waals surface area (Å²) in [5, 5.41) is 0. The molecule has 1 saturated heterocycles. The minimum Gasteiger partial charge on any atom is -0.353 e. The summed E-state index contributed by atoms with van der Waals surface area (Å²) in [6.07, 6.45) is -3.36. The van der Waals surface area contributed by atoms with Gasteiger partial charge in [-0.3, -0.25) is 4.79 Å². The number of carbonyl (C=O) groups is 1. The average Bonchev–Trinajstić information content (AvgIpc) is 2.63.